The van der Waals surface area contributed by atoms with Crippen molar-refractivity contribution >= 4 is 84.8 Å². The zero-order chi connectivity index (χ0) is 60.7. The standard InChI is InChI=1S/C64H70ClN11O10S/c1-64(2)21-19-44(53(35-64)42-6-8-45(65)9-7-42)39-72-25-29-74(30-26-72)47-12-15-51(57(33-47)86-48-32-43-20-22-66-59(43)68-37-48)60(78)70-87(84,85)49-13-16-54(56(34-49)76(82)83)67-36-40-3-10-46(11-4-40)73-27-23-71(24-28-73)38-41-5-14-50-52(31-41)63(81)75(62(50)80)55-17-18-58(77)69-61(55)79/h5-9,12-16,20,22,31-34,37,40,46,55,67H,3-4,10-11,17-19,21,23-30,35-36,38-39H2,1-2H3,(H,66,68)(H,70,78)(H,69,77,79). The minimum Gasteiger partial charge on any atom is -0.455 e. The molecule has 4 aliphatic heterocycles. The van der Waals surface area contributed by atoms with Gasteiger partial charge in [-0.3, -0.25) is 59.0 Å². The summed E-state index contributed by atoms with van der Waals surface area (Å²) in [4.78, 5) is 94.5. The zero-order valence-electron chi connectivity index (χ0n) is 48.7. The first kappa shape index (κ1) is 59.3. The fourth-order valence-electron chi connectivity index (χ4n) is 13.3. The minimum absolute atomic E-state index is 0.0583. The Morgan fingerprint density at radius 3 is 2.30 bits per heavy atom. The van der Waals surface area contributed by atoms with E-state index in [0.29, 0.717) is 48.6 Å². The number of sulfonamides is 1. The molecule has 4 fully saturated rings. The summed E-state index contributed by atoms with van der Waals surface area (Å²) in [6, 6.07) is 25.0. The number of piperazine rings is 2. The maximum Gasteiger partial charge on any atom is 0.293 e. The number of pyridine rings is 1. The number of rotatable bonds is 17. The number of H-pyrrole nitrogens is 1. The quantitative estimate of drug-likeness (QED) is 0.0377. The van der Waals surface area contributed by atoms with Gasteiger partial charge in [0.05, 0.1) is 32.7 Å². The van der Waals surface area contributed by atoms with Crippen LogP contribution in [-0.4, -0.2) is 150 Å². The van der Waals surface area contributed by atoms with Gasteiger partial charge in [0.15, 0.2) is 0 Å². The third-order valence-electron chi connectivity index (χ3n) is 18.3. The molecule has 5 amide bonds. The van der Waals surface area contributed by atoms with Gasteiger partial charge in [-0.2, -0.15) is 0 Å². The Morgan fingerprint density at radius 2 is 1.55 bits per heavy atom. The molecule has 454 valence electrons. The van der Waals surface area contributed by atoms with Crippen LogP contribution >= 0.6 is 11.6 Å². The van der Waals surface area contributed by atoms with Crippen molar-refractivity contribution in [3.8, 4) is 11.5 Å². The van der Waals surface area contributed by atoms with Gasteiger partial charge in [-0.15, -0.1) is 0 Å². The largest absolute Gasteiger partial charge is 0.455 e. The van der Waals surface area contributed by atoms with Gasteiger partial charge in [-0.25, -0.2) is 18.1 Å². The van der Waals surface area contributed by atoms with Crippen LogP contribution in [0.4, 0.5) is 17.1 Å². The fourth-order valence-corrected chi connectivity index (χ4v) is 14.4. The summed E-state index contributed by atoms with van der Waals surface area (Å²) in [6.45, 7) is 12.9. The summed E-state index contributed by atoms with van der Waals surface area (Å²) in [7, 11) is -4.64. The first-order valence-corrected chi connectivity index (χ1v) is 31.8. The lowest BCUT2D eigenvalue weighted by molar-refractivity contribution is -0.384. The van der Waals surface area contributed by atoms with E-state index < -0.39 is 61.1 Å². The van der Waals surface area contributed by atoms with E-state index in [9.17, 15) is 42.5 Å². The number of aromatic amines is 1. The summed E-state index contributed by atoms with van der Waals surface area (Å²) in [6.07, 6.45) is 10.3. The number of fused-ring (bicyclic) bond motifs is 2. The summed E-state index contributed by atoms with van der Waals surface area (Å²) >= 11 is 6.27. The third kappa shape index (κ3) is 13.0. The number of nitro benzene ring substituents is 1. The van der Waals surface area contributed by atoms with Crippen LogP contribution < -0.4 is 25.0 Å². The number of hydrogen-bond donors (Lipinski definition) is 4. The molecule has 4 aromatic carbocycles. The van der Waals surface area contributed by atoms with Crippen molar-refractivity contribution < 1.29 is 42.1 Å². The lowest BCUT2D eigenvalue weighted by Gasteiger charge is -2.42. The van der Waals surface area contributed by atoms with E-state index in [0.717, 1.165) is 118 Å². The Morgan fingerprint density at radius 1 is 0.816 bits per heavy atom. The van der Waals surface area contributed by atoms with Gasteiger partial charge in [0.25, 0.3) is 33.4 Å². The van der Waals surface area contributed by atoms with Crippen LogP contribution in [-0.2, 0) is 26.2 Å². The molecule has 23 heteroatoms. The maximum absolute atomic E-state index is 14.2. The molecule has 4 N–H and O–H groups in total. The van der Waals surface area contributed by atoms with Gasteiger partial charge in [0, 0.05) is 119 Å². The molecule has 0 radical (unpaired) electrons. The van der Waals surface area contributed by atoms with Crippen LogP contribution in [0.2, 0.25) is 5.02 Å². The number of piperidine rings is 1. The molecule has 6 aliphatic rings. The second kappa shape index (κ2) is 24.6. The van der Waals surface area contributed by atoms with E-state index in [1.54, 1.807) is 42.6 Å². The zero-order valence-corrected chi connectivity index (χ0v) is 50.3. The van der Waals surface area contributed by atoms with Crippen LogP contribution in [0.3, 0.4) is 0 Å². The van der Waals surface area contributed by atoms with E-state index in [1.807, 2.05) is 24.3 Å². The highest BCUT2D eigenvalue weighted by molar-refractivity contribution is 7.90. The van der Waals surface area contributed by atoms with Crippen LogP contribution in [0, 0.1) is 21.4 Å². The highest BCUT2D eigenvalue weighted by Crippen LogP contribution is 2.44. The van der Waals surface area contributed by atoms with Gasteiger partial charge in [0.1, 0.15) is 28.9 Å². The molecule has 12 rings (SSSR count). The molecule has 2 aromatic heterocycles. The van der Waals surface area contributed by atoms with Gasteiger partial charge < -0.3 is 19.9 Å². The second-order valence-corrected chi connectivity index (χ2v) is 26.7. The van der Waals surface area contributed by atoms with E-state index >= 15 is 0 Å². The number of carbonyl (C=O) groups excluding carboxylic acids is 5. The number of nitrogens with one attached hydrogen (secondary N) is 4. The van der Waals surface area contributed by atoms with Gasteiger partial charge >= 0.3 is 0 Å². The van der Waals surface area contributed by atoms with Gasteiger partial charge in [-0.05, 0) is 140 Å². The van der Waals surface area contributed by atoms with Crippen molar-refractivity contribution in [1.82, 2.24) is 39.6 Å². The fraction of sp³-hybridized carbons (Fsp3) is 0.406. The van der Waals surface area contributed by atoms with E-state index in [4.69, 9.17) is 16.3 Å². The number of hydrogen-bond acceptors (Lipinski definition) is 16. The average Bonchev–Trinajstić information content (AvgIpc) is 2.03. The predicted octanol–water partition coefficient (Wildman–Crippen LogP) is 9.01. The number of carbonyl (C=O) groups is 5. The second-order valence-electron chi connectivity index (χ2n) is 24.6. The number of amides is 5. The molecule has 87 heavy (non-hydrogen) atoms. The van der Waals surface area contributed by atoms with Gasteiger partial charge in [0.2, 0.25) is 11.8 Å². The number of nitrogens with zero attached hydrogens (tertiary/aromatic N) is 7. The topological polar surface area (TPSA) is 253 Å². The molecule has 1 atom stereocenters. The molecule has 1 saturated carbocycles. The number of aromatic nitrogens is 2. The van der Waals surface area contributed by atoms with E-state index in [-0.39, 0.29) is 52.3 Å². The Balaban J connectivity index is 0.648. The molecule has 0 bridgehead atoms. The molecule has 2 aliphatic carbocycles. The van der Waals surface area contributed by atoms with E-state index in [1.165, 1.54) is 35.0 Å². The Bertz CT molecular complexity index is 3850. The number of benzene rings is 4. The van der Waals surface area contributed by atoms with Crippen molar-refractivity contribution in [2.24, 2.45) is 11.3 Å². The van der Waals surface area contributed by atoms with Crippen molar-refractivity contribution in [3.63, 3.8) is 0 Å². The number of allylic oxidation sites excluding steroid dienone is 1. The molecular weight excluding hydrogens is 1150 g/mol. The highest BCUT2D eigenvalue weighted by atomic mass is 35.5. The number of nitro groups is 1. The smallest absolute Gasteiger partial charge is 0.293 e. The maximum atomic E-state index is 14.2. The van der Waals surface area contributed by atoms with Crippen molar-refractivity contribution in [3.05, 3.63) is 152 Å². The molecule has 6 aromatic rings. The van der Waals surface area contributed by atoms with Crippen molar-refractivity contribution in [1.29, 1.82) is 0 Å². The molecule has 3 saturated heterocycles. The lowest BCUT2D eigenvalue weighted by atomic mass is 9.72. The highest BCUT2D eigenvalue weighted by Gasteiger charge is 2.45. The normalized spacial score (nSPS) is 21.5. The first-order valence-electron chi connectivity index (χ1n) is 29.9. The summed E-state index contributed by atoms with van der Waals surface area (Å²) in [5.41, 5.74) is 6.80. The summed E-state index contributed by atoms with van der Waals surface area (Å²) < 4.78 is 36.6. The average molecular weight is 1220 g/mol. The number of ether oxygens (including phenoxy) is 1. The summed E-state index contributed by atoms with van der Waals surface area (Å²) in [5, 5.41) is 19.5. The van der Waals surface area contributed by atoms with Crippen LogP contribution in [0.25, 0.3) is 16.6 Å². The molecular formula is C64H70ClN11O10S. The lowest BCUT2D eigenvalue weighted by Crippen LogP contribution is -2.54. The molecule has 0 spiro atoms. The summed E-state index contributed by atoms with van der Waals surface area (Å²) in [5.74, 6) is -2.41. The SMILES string of the molecule is CC1(C)CCC(CN2CCN(c3ccc(C(=O)NS(=O)(=O)c4ccc(NCC5CCC(N6CCN(Cc7ccc8c(c7)C(=O)N(C7CCC(=O)NC7=O)C8=O)CC6)CC5)c([N+](=O)[O-])c4)c(Oc4cnc5[nH]ccc5c4)c3)CC2)=C(c2ccc(Cl)cc2)C1. The molecule has 6 heterocycles. The van der Waals surface area contributed by atoms with Crippen LogP contribution in [0.1, 0.15) is 114 Å². The Kier molecular flexibility index (Phi) is 16.8. The van der Waals surface area contributed by atoms with Crippen molar-refractivity contribution in [2.45, 2.75) is 95.2 Å². The van der Waals surface area contributed by atoms with Crippen molar-refractivity contribution in [2.75, 3.05) is 75.7 Å². The van der Waals surface area contributed by atoms with Crippen LogP contribution in [0.5, 0.6) is 11.5 Å². The first-order chi connectivity index (χ1) is 41.8. The molecule has 21 nitrogen and oxygen atoms in total. The van der Waals surface area contributed by atoms with Crippen LogP contribution in [0.15, 0.2) is 114 Å². The Hall–Kier alpha value is -8.02. The molecule has 1 unspecified atom stereocenters. The monoisotopic (exact) mass is 1220 g/mol. The predicted molar refractivity (Wildman–Crippen MR) is 329 cm³/mol. The minimum atomic E-state index is -4.64. The third-order valence-corrected chi connectivity index (χ3v) is 19.9. The number of halogens is 1. The van der Waals surface area contributed by atoms with Gasteiger partial charge in [-0.1, -0.05) is 49.2 Å². The number of anilines is 2. The van der Waals surface area contributed by atoms with E-state index in [2.05, 4.69) is 70.9 Å². The Labute approximate surface area is 509 Å². The number of imide groups is 2.